The van der Waals surface area contributed by atoms with Gasteiger partial charge in [0.05, 0.1) is 20.0 Å². The van der Waals surface area contributed by atoms with E-state index < -0.39 is 0 Å². The Labute approximate surface area is 179 Å². The van der Waals surface area contributed by atoms with Crippen LogP contribution in [-0.4, -0.2) is 35.8 Å². The molecular formula is C22H23N3O4S. The third-order valence-corrected chi connectivity index (χ3v) is 5.13. The Morgan fingerprint density at radius 1 is 1.00 bits per heavy atom. The van der Waals surface area contributed by atoms with Crippen molar-refractivity contribution in [2.45, 2.75) is 18.5 Å². The van der Waals surface area contributed by atoms with Crippen molar-refractivity contribution in [3.63, 3.8) is 0 Å². The predicted molar refractivity (Wildman–Crippen MR) is 115 cm³/mol. The zero-order chi connectivity index (χ0) is 21.3. The normalized spacial score (nSPS) is 10.4. The van der Waals surface area contributed by atoms with Crippen molar-refractivity contribution >= 4 is 17.7 Å². The van der Waals surface area contributed by atoms with Gasteiger partial charge < -0.3 is 19.5 Å². The summed E-state index contributed by atoms with van der Waals surface area (Å²) in [5, 5.41) is 3.43. The minimum absolute atomic E-state index is 0.142. The molecule has 3 aromatic rings. The molecule has 3 rings (SSSR count). The average molecular weight is 426 g/mol. The van der Waals surface area contributed by atoms with Crippen LogP contribution in [0.25, 0.3) is 0 Å². The van der Waals surface area contributed by atoms with Crippen LogP contribution in [0, 0.1) is 6.92 Å². The first kappa shape index (κ1) is 21.4. The summed E-state index contributed by atoms with van der Waals surface area (Å²) < 4.78 is 16.4. The second kappa shape index (κ2) is 10.5. The van der Waals surface area contributed by atoms with Crippen LogP contribution in [0.3, 0.4) is 0 Å². The highest BCUT2D eigenvalue weighted by atomic mass is 32.2. The van der Waals surface area contributed by atoms with Gasteiger partial charge >= 0.3 is 0 Å². The summed E-state index contributed by atoms with van der Waals surface area (Å²) in [6.45, 7) is 2.33. The number of aromatic nitrogens is 2. The Morgan fingerprint density at radius 3 is 2.47 bits per heavy atom. The third-order valence-electron chi connectivity index (χ3n) is 4.17. The van der Waals surface area contributed by atoms with E-state index in [0.717, 1.165) is 11.1 Å². The highest BCUT2D eigenvalue weighted by Gasteiger charge is 2.12. The lowest BCUT2D eigenvalue weighted by atomic mass is 10.2. The summed E-state index contributed by atoms with van der Waals surface area (Å²) in [6, 6.07) is 13.1. The van der Waals surface area contributed by atoms with Gasteiger partial charge in [0.25, 0.3) is 5.88 Å². The molecule has 0 spiro atoms. The molecule has 8 heteroatoms. The van der Waals surface area contributed by atoms with E-state index in [0.29, 0.717) is 34.7 Å². The zero-order valence-electron chi connectivity index (χ0n) is 17.0. The van der Waals surface area contributed by atoms with E-state index in [2.05, 4.69) is 15.3 Å². The SMILES string of the molecule is COc1ccc(OC)c(CNC(=O)CSc2nccnc2Oc2ccc(C)cc2)c1. The monoisotopic (exact) mass is 425 g/mol. The van der Waals surface area contributed by atoms with E-state index in [1.165, 1.54) is 11.8 Å². The number of ether oxygens (including phenoxy) is 3. The van der Waals surface area contributed by atoms with E-state index in [-0.39, 0.29) is 11.7 Å². The van der Waals surface area contributed by atoms with Crippen LogP contribution in [0.2, 0.25) is 0 Å². The van der Waals surface area contributed by atoms with Gasteiger partial charge in [0, 0.05) is 24.5 Å². The predicted octanol–water partition coefficient (Wildman–Crippen LogP) is 4.00. The molecule has 30 heavy (non-hydrogen) atoms. The number of hydrogen-bond acceptors (Lipinski definition) is 7. The fourth-order valence-corrected chi connectivity index (χ4v) is 3.32. The number of hydrogen-bond donors (Lipinski definition) is 1. The van der Waals surface area contributed by atoms with Crippen molar-refractivity contribution in [1.82, 2.24) is 15.3 Å². The average Bonchev–Trinajstić information content (AvgIpc) is 2.78. The first-order chi connectivity index (χ1) is 14.6. The number of carbonyl (C=O) groups is 1. The maximum atomic E-state index is 12.4. The lowest BCUT2D eigenvalue weighted by molar-refractivity contribution is -0.118. The lowest BCUT2D eigenvalue weighted by Gasteiger charge is -2.12. The summed E-state index contributed by atoms with van der Waals surface area (Å²) in [7, 11) is 3.19. The van der Waals surface area contributed by atoms with Gasteiger partial charge in [-0.05, 0) is 37.3 Å². The number of amides is 1. The molecule has 156 valence electrons. The Balaban J connectivity index is 1.58. The summed E-state index contributed by atoms with van der Waals surface area (Å²) in [5.41, 5.74) is 1.97. The first-order valence-corrected chi connectivity index (χ1v) is 10.2. The van der Waals surface area contributed by atoms with Gasteiger partial charge in [-0.2, -0.15) is 0 Å². The number of rotatable bonds is 9. The van der Waals surface area contributed by atoms with Gasteiger partial charge in [-0.3, -0.25) is 4.79 Å². The van der Waals surface area contributed by atoms with E-state index >= 15 is 0 Å². The van der Waals surface area contributed by atoms with E-state index in [9.17, 15) is 4.79 Å². The topological polar surface area (TPSA) is 82.6 Å². The van der Waals surface area contributed by atoms with Crippen LogP contribution >= 0.6 is 11.8 Å². The van der Waals surface area contributed by atoms with Crippen molar-refractivity contribution in [3.8, 4) is 23.1 Å². The Bertz CT molecular complexity index is 996. The minimum Gasteiger partial charge on any atom is -0.497 e. The molecule has 0 radical (unpaired) electrons. The number of benzene rings is 2. The third kappa shape index (κ3) is 5.87. The summed E-state index contributed by atoms with van der Waals surface area (Å²) in [6.07, 6.45) is 3.13. The van der Waals surface area contributed by atoms with E-state index in [4.69, 9.17) is 14.2 Å². The van der Waals surface area contributed by atoms with Crippen LogP contribution in [0.1, 0.15) is 11.1 Å². The number of methoxy groups -OCH3 is 2. The summed E-state index contributed by atoms with van der Waals surface area (Å²) >= 11 is 1.26. The van der Waals surface area contributed by atoms with Gasteiger partial charge in [0.15, 0.2) is 5.03 Å². The largest absolute Gasteiger partial charge is 0.497 e. The molecule has 1 N–H and O–H groups in total. The molecule has 1 amide bonds. The Morgan fingerprint density at radius 2 is 1.73 bits per heavy atom. The van der Waals surface area contributed by atoms with Gasteiger partial charge in [-0.15, -0.1) is 0 Å². The van der Waals surface area contributed by atoms with E-state index in [1.807, 2.05) is 49.4 Å². The minimum atomic E-state index is -0.142. The van der Waals surface area contributed by atoms with Gasteiger partial charge in [0.1, 0.15) is 17.2 Å². The van der Waals surface area contributed by atoms with Crippen molar-refractivity contribution in [2.24, 2.45) is 0 Å². The standard InChI is InChI=1S/C22H23N3O4S/c1-15-4-6-17(7-5-15)29-21-22(24-11-10-23-21)30-14-20(26)25-13-16-12-18(27-2)8-9-19(16)28-3/h4-12H,13-14H2,1-3H3,(H,25,26). The van der Waals surface area contributed by atoms with Gasteiger partial charge in [0.2, 0.25) is 5.91 Å². The Kier molecular flexibility index (Phi) is 7.51. The molecule has 0 aliphatic rings. The molecule has 0 fully saturated rings. The molecule has 0 saturated carbocycles. The first-order valence-electron chi connectivity index (χ1n) is 9.25. The van der Waals surface area contributed by atoms with Crippen LogP contribution in [-0.2, 0) is 11.3 Å². The smallest absolute Gasteiger partial charge is 0.252 e. The molecule has 1 heterocycles. The summed E-state index contributed by atoms with van der Waals surface area (Å²) in [5.74, 6) is 2.45. The van der Waals surface area contributed by atoms with Crippen molar-refractivity contribution in [2.75, 3.05) is 20.0 Å². The van der Waals surface area contributed by atoms with E-state index in [1.54, 1.807) is 26.6 Å². The van der Waals surface area contributed by atoms with Gasteiger partial charge in [-0.1, -0.05) is 29.5 Å². The fraction of sp³-hybridized carbons (Fsp3) is 0.227. The molecule has 1 aromatic heterocycles. The molecular weight excluding hydrogens is 402 g/mol. The van der Waals surface area contributed by atoms with Crippen LogP contribution in [0.15, 0.2) is 59.9 Å². The zero-order valence-corrected chi connectivity index (χ0v) is 17.9. The molecule has 0 bridgehead atoms. The highest BCUT2D eigenvalue weighted by molar-refractivity contribution is 8.00. The number of thioether (sulfide) groups is 1. The van der Waals surface area contributed by atoms with Crippen LogP contribution in [0.4, 0.5) is 0 Å². The number of carbonyl (C=O) groups excluding carboxylic acids is 1. The number of nitrogens with one attached hydrogen (secondary N) is 1. The number of nitrogens with zero attached hydrogens (tertiary/aromatic N) is 2. The molecule has 0 atom stereocenters. The quantitative estimate of drug-likeness (QED) is 0.519. The second-order valence-corrected chi connectivity index (χ2v) is 7.29. The molecule has 7 nitrogen and oxygen atoms in total. The van der Waals surface area contributed by atoms with Gasteiger partial charge in [-0.25, -0.2) is 9.97 Å². The second-order valence-electron chi connectivity index (χ2n) is 6.32. The fourth-order valence-electron chi connectivity index (χ4n) is 2.60. The molecule has 2 aromatic carbocycles. The molecule has 0 aliphatic heterocycles. The maximum Gasteiger partial charge on any atom is 0.252 e. The lowest BCUT2D eigenvalue weighted by Crippen LogP contribution is -2.24. The van der Waals surface area contributed by atoms with Crippen molar-refractivity contribution in [3.05, 3.63) is 66.0 Å². The number of aryl methyl sites for hydroxylation is 1. The molecule has 0 saturated heterocycles. The van der Waals surface area contributed by atoms with Crippen molar-refractivity contribution in [1.29, 1.82) is 0 Å². The van der Waals surface area contributed by atoms with Crippen LogP contribution in [0.5, 0.6) is 23.1 Å². The molecule has 0 aliphatic carbocycles. The highest BCUT2D eigenvalue weighted by Crippen LogP contribution is 2.29. The molecule has 0 unspecified atom stereocenters. The maximum absolute atomic E-state index is 12.4. The summed E-state index contributed by atoms with van der Waals surface area (Å²) in [4.78, 5) is 20.9. The van der Waals surface area contributed by atoms with Crippen LogP contribution < -0.4 is 19.5 Å². The van der Waals surface area contributed by atoms with Crippen molar-refractivity contribution < 1.29 is 19.0 Å². The Hall–Kier alpha value is -3.26.